The van der Waals surface area contributed by atoms with E-state index in [1.807, 2.05) is 65.8 Å². The number of anilines is 2. The molecule has 2 aliphatic rings. The number of nitrogens with zero attached hydrogens (tertiary/aromatic N) is 2. The fourth-order valence-electron chi connectivity index (χ4n) is 8.56. The molecule has 1 N–H and O–H groups in total. The van der Waals surface area contributed by atoms with E-state index in [1.165, 1.54) is 21.7 Å². The summed E-state index contributed by atoms with van der Waals surface area (Å²) in [6, 6.07) is 26.3. The van der Waals surface area contributed by atoms with E-state index in [9.17, 15) is 9.59 Å². The zero-order chi connectivity index (χ0) is 47.8. The normalized spacial score (nSPS) is 16.3. The lowest BCUT2D eigenvalue weighted by molar-refractivity contribution is -0.118. The largest absolute Gasteiger partial charge is 0.500 e. The van der Waals surface area contributed by atoms with Crippen molar-refractivity contribution in [3.8, 4) is 0 Å². The molecule has 0 bridgehead atoms. The molecule has 0 radical (unpaired) electrons. The number of imide groups is 1. The molecule has 13 nitrogen and oxygen atoms in total. The molecule has 0 aliphatic carbocycles. The third kappa shape index (κ3) is 14.8. The molecule has 3 aromatic rings. The number of hydrogen-bond acceptors (Lipinski definition) is 11. The summed E-state index contributed by atoms with van der Waals surface area (Å²) in [4.78, 5) is 31.8. The second kappa shape index (κ2) is 25.2. The minimum Gasteiger partial charge on any atom is -0.374 e. The van der Waals surface area contributed by atoms with Crippen molar-refractivity contribution in [3.63, 3.8) is 0 Å². The summed E-state index contributed by atoms with van der Waals surface area (Å²) in [7, 11) is -5.76. The van der Waals surface area contributed by atoms with Crippen LogP contribution in [-0.2, 0) is 51.7 Å². The van der Waals surface area contributed by atoms with Gasteiger partial charge in [0.2, 0.25) is 5.91 Å². The number of rotatable bonds is 31. The number of urea groups is 1. The first-order chi connectivity index (χ1) is 31.7. The van der Waals surface area contributed by atoms with Gasteiger partial charge in [-0.1, -0.05) is 76.2 Å². The van der Waals surface area contributed by atoms with Crippen molar-refractivity contribution in [2.24, 2.45) is 0 Å². The van der Waals surface area contributed by atoms with Gasteiger partial charge in [-0.2, -0.15) is 0 Å². The summed E-state index contributed by atoms with van der Waals surface area (Å²) < 4.78 is 47.3. The maximum absolute atomic E-state index is 14.1. The first kappa shape index (κ1) is 53.5. The van der Waals surface area contributed by atoms with Gasteiger partial charge in [-0.3, -0.25) is 4.79 Å². The first-order valence-corrected chi connectivity index (χ1v) is 28.3. The van der Waals surface area contributed by atoms with Gasteiger partial charge in [0.25, 0.3) is 0 Å². The van der Waals surface area contributed by atoms with Crippen molar-refractivity contribution in [3.05, 3.63) is 95.1 Å². The molecule has 366 valence electrons. The van der Waals surface area contributed by atoms with E-state index in [0.717, 1.165) is 37.4 Å². The molecule has 2 heterocycles. The monoisotopic (exact) mass is 950 g/mol. The van der Waals surface area contributed by atoms with Gasteiger partial charge >= 0.3 is 23.6 Å². The van der Waals surface area contributed by atoms with Gasteiger partial charge in [0.05, 0.1) is 31.1 Å². The Morgan fingerprint density at radius 1 is 0.561 bits per heavy atom. The van der Waals surface area contributed by atoms with E-state index in [2.05, 4.69) is 86.4 Å². The molecular formula is C51H79N3O10Si2. The molecule has 3 amide bonds. The second-order valence-electron chi connectivity index (χ2n) is 18.0. The lowest BCUT2D eigenvalue weighted by atomic mass is 9.74. The summed E-state index contributed by atoms with van der Waals surface area (Å²) in [6.07, 6.45) is 2.57. The molecular weight excluding hydrogens is 871 g/mol. The Kier molecular flexibility index (Phi) is 20.4. The predicted molar refractivity (Wildman–Crippen MR) is 266 cm³/mol. The van der Waals surface area contributed by atoms with Crippen LogP contribution in [0.5, 0.6) is 0 Å². The number of nitrogens with one attached hydrogen (secondary N) is 1. The van der Waals surface area contributed by atoms with Crippen molar-refractivity contribution in [1.82, 2.24) is 5.32 Å². The van der Waals surface area contributed by atoms with Crippen LogP contribution in [0, 0.1) is 0 Å². The van der Waals surface area contributed by atoms with Gasteiger partial charge in [-0.15, -0.1) is 0 Å². The molecule has 0 saturated carbocycles. The third-order valence-corrected chi connectivity index (χ3v) is 18.8. The van der Waals surface area contributed by atoms with Crippen LogP contribution in [0.2, 0.25) is 12.1 Å². The number of ether oxygens (including phenoxy) is 2. The number of carbonyl (C=O) groups excluding carboxylic acids is 2. The van der Waals surface area contributed by atoms with Crippen LogP contribution in [0.3, 0.4) is 0 Å². The molecule has 2 fully saturated rings. The number of hydrogen-bond donors (Lipinski definition) is 1. The minimum absolute atomic E-state index is 0.168. The van der Waals surface area contributed by atoms with Crippen LogP contribution in [0.15, 0.2) is 72.8 Å². The van der Waals surface area contributed by atoms with Crippen molar-refractivity contribution in [2.45, 2.75) is 130 Å². The first-order valence-electron chi connectivity index (χ1n) is 24.4. The van der Waals surface area contributed by atoms with Crippen LogP contribution in [0.1, 0.15) is 117 Å². The molecule has 3 aromatic carbocycles. The summed E-state index contributed by atoms with van der Waals surface area (Å²) >= 11 is 0. The van der Waals surface area contributed by atoms with E-state index >= 15 is 0 Å². The van der Waals surface area contributed by atoms with Gasteiger partial charge in [0.1, 0.15) is 0 Å². The van der Waals surface area contributed by atoms with Crippen molar-refractivity contribution in [1.29, 1.82) is 0 Å². The average molecular weight is 950 g/mol. The molecule has 5 rings (SSSR count). The third-order valence-electron chi connectivity index (χ3n) is 12.5. The van der Waals surface area contributed by atoms with Crippen LogP contribution < -0.4 is 15.1 Å². The molecule has 15 heteroatoms. The van der Waals surface area contributed by atoms with Gasteiger partial charge in [0, 0.05) is 94.3 Å². The molecule has 2 aliphatic heterocycles. The SMILES string of the molecule is CCO[Si](CCCCC(=O)N(C(=O)NCCC[Si](OCC)(OCC)OCC)c1ccc(C(C)(C)c2ccc(C(C)(C)c3ccc(N(CC4CO4)CC4CO4)cc3)cc2)cc1)(OCC)OCC. The summed E-state index contributed by atoms with van der Waals surface area (Å²) in [5.41, 5.74) is 5.81. The Balaban J connectivity index is 1.29. The topological polar surface area (TPSA) is 133 Å². The molecule has 2 atom stereocenters. The number of benzene rings is 3. The van der Waals surface area contributed by atoms with Gasteiger partial charge in [-0.05, 0) is 107 Å². The maximum atomic E-state index is 14.1. The number of amides is 3. The fourth-order valence-corrected chi connectivity index (χ4v) is 13.9. The molecule has 66 heavy (non-hydrogen) atoms. The molecule has 2 saturated heterocycles. The Morgan fingerprint density at radius 3 is 1.27 bits per heavy atom. The fraction of sp³-hybridized carbons (Fsp3) is 0.608. The zero-order valence-electron chi connectivity index (χ0n) is 41.6. The van der Waals surface area contributed by atoms with Gasteiger partial charge in [0.15, 0.2) is 0 Å². The van der Waals surface area contributed by atoms with Crippen molar-refractivity contribution >= 4 is 40.9 Å². The molecule has 0 spiro atoms. The van der Waals surface area contributed by atoms with Crippen LogP contribution in [0.25, 0.3) is 0 Å². The van der Waals surface area contributed by atoms with Crippen LogP contribution in [-0.4, -0.2) is 114 Å². The molecule has 0 aromatic heterocycles. The van der Waals surface area contributed by atoms with Gasteiger partial charge < -0.3 is 46.2 Å². The van der Waals surface area contributed by atoms with E-state index in [-0.39, 0.29) is 23.2 Å². The number of epoxide rings is 2. The lowest BCUT2D eigenvalue weighted by Gasteiger charge is -2.30. The summed E-state index contributed by atoms with van der Waals surface area (Å²) in [5, 5.41) is 3.01. The minimum atomic E-state index is -2.89. The van der Waals surface area contributed by atoms with E-state index in [1.54, 1.807) is 0 Å². The Bertz CT molecular complexity index is 1830. The standard InChI is InChI=1S/C51H79N3O10Si2/c1-11-59-65(60-12-2,61-13-3)34-18-17-20-48(55)54(49(56)52-33-19-35-66(62-14-4,63-15-5)64-16-6)45-31-27-43(28-32-45)51(9,10)41-23-21-40(22-24-41)50(7,8)42-25-29-44(30-26-42)53(36-46-38-57-46)37-47-39-58-47/h21-32,46-47H,11-20,33-39H2,1-10H3,(H,52,56). The van der Waals surface area contributed by atoms with Crippen molar-refractivity contribution in [2.75, 3.05) is 82.3 Å². The van der Waals surface area contributed by atoms with E-state index in [4.69, 9.17) is 36.0 Å². The Hall–Kier alpha value is -3.49. The number of carbonyl (C=O) groups is 2. The average Bonchev–Trinajstić information content (AvgIpc) is 4.26. The predicted octanol–water partition coefficient (Wildman–Crippen LogP) is 9.64. The zero-order valence-corrected chi connectivity index (χ0v) is 43.6. The highest BCUT2D eigenvalue weighted by atomic mass is 28.4. The molecule has 2 unspecified atom stereocenters. The Labute approximate surface area is 397 Å². The summed E-state index contributed by atoms with van der Waals surface area (Å²) in [5.74, 6) is -0.288. The highest BCUT2D eigenvalue weighted by molar-refractivity contribution is 6.61. The highest BCUT2D eigenvalue weighted by Gasteiger charge is 2.41. The smallest absolute Gasteiger partial charge is 0.374 e. The van der Waals surface area contributed by atoms with E-state index < -0.39 is 23.6 Å². The Morgan fingerprint density at radius 2 is 0.909 bits per heavy atom. The number of unbranched alkanes of at least 4 members (excludes halogenated alkanes) is 1. The second-order valence-corrected chi connectivity index (χ2v) is 23.4. The quantitative estimate of drug-likeness (QED) is 0.0376. The van der Waals surface area contributed by atoms with Crippen molar-refractivity contribution < 1.29 is 45.6 Å². The van der Waals surface area contributed by atoms with E-state index in [0.29, 0.717) is 95.4 Å². The highest BCUT2D eigenvalue weighted by Crippen LogP contribution is 2.37. The van der Waals surface area contributed by atoms with Gasteiger partial charge in [-0.25, -0.2) is 9.69 Å². The van der Waals surface area contributed by atoms with Crippen LogP contribution in [0.4, 0.5) is 16.2 Å². The van der Waals surface area contributed by atoms with Crippen LogP contribution >= 0.6 is 0 Å². The lowest BCUT2D eigenvalue weighted by Crippen LogP contribution is -2.47. The maximum Gasteiger partial charge on any atom is 0.500 e. The summed E-state index contributed by atoms with van der Waals surface area (Å²) in [6.45, 7) is 27.2.